The fourth-order valence-corrected chi connectivity index (χ4v) is 3.47. The number of fused-ring (bicyclic) bond motifs is 1. The molecule has 1 N–H and O–H groups in total. The lowest BCUT2D eigenvalue weighted by molar-refractivity contribution is -0.143. The number of piperidine rings is 1. The number of hydrogen-bond acceptors (Lipinski definition) is 2. The van der Waals surface area contributed by atoms with Crippen LogP contribution in [0.4, 0.5) is 0 Å². The topological polar surface area (TPSA) is 40.5 Å². The summed E-state index contributed by atoms with van der Waals surface area (Å²) in [5.41, 5.74) is 4.52. The lowest BCUT2D eigenvalue weighted by Gasteiger charge is -2.30. The Balaban J connectivity index is 1.49. The number of rotatable bonds is 4. The van der Waals surface area contributed by atoms with Crippen molar-refractivity contribution in [2.75, 3.05) is 19.6 Å². The van der Waals surface area contributed by atoms with Gasteiger partial charge in [0, 0.05) is 6.54 Å². The number of nitrogens with zero attached hydrogens (tertiary/aromatic N) is 1. The molecule has 0 aromatic heterocycles. The summed E-state index contributed by atoms with van der Waals surface area (Å²) in [4.78, 5) is 13.3. The van der Waals surface area contributed by atoms with Crippen LogP contribution in [0.15, 0.2) is 18.2 Å². The standard InChI is InChI=1S/C17H23NO2/c19-17(20)15-7-10-18(11-8-15)9-6-13-4-5-14-2-1-3-16(14)12-13/h4-5,12,15H,1-3,6-11H2,(H,19,20). The minimum absolute atomic E-state index is 0.119. The number of aryl methyl sites for hydroxylation is 2. The zero-order valence-corrected chi connectivity index (χ0v) is 12.0. The zero-order chi connectivity index (χ0) is 13.9. The van der Waals surface area contributed by atoms with Gasteiger partial charge in [-0.25, -0.2) is 0 Å². The van der Waals surface area contributed by atoms with E-state index in [0.29, 0.717) is 0 Å². The predicted molar refractivity (Wildman–Crippen MR) is 79.0 cm³/mol. The molecule has 0 bridgehead atoms. The molecule has 1 heterocycles. The van der Waals surface area contributed by atoms with Gasteiger partial charge in [-0.15, -0.1) is 0 Å². The van der Waals surface area contributed by atoms with Gasteiger partial charge in [-0.05, 0) is 68.3 Å². The number of carbonyl (C=O) groups is 1. The molecule has 0 saturated carbocycles. The van der Waals surface area contributed by atoms with Gasteiger partial charge in [-0.2, -0.15) is 0 Å². The normalized spacial score (nSPS) is 20.0. The molecule has 0 unspecified atom stereocenters. The zero-order valence-electron chi connectivity index (χ0n) is 12.0. The molecule has 3 heteroatoms. The Bertz CT molecular complexity index is 490. The average Bonchev–Trinajstić information content (AvgIpc) is 2.93. The Morgan fingerprint density at radius 2 is 1.95 bits per heavy atom. The van der Waals surface area contributed by atoms with Crippen LogP contribution in [0.1, 0.15) is 36.0 Å². The molecule has 1 fully saturated rings. The monoisotopic (exact) mass is 273 g/mol. The smallest absolute Gasteiger partial charge is 0.306 e. The number of aliphatic carboxylic acids is 1. The second kappa shape index (κ2) is 5.96. The van der Waals surface area contributed by atoms with Gasteiger partial charge >= 0.3 is 5.97 Å². The van der Waals surface area contributed by atoms with Crippen LogP contribution >= 0.6 is 0 Å². The van der Waals surface area contributed by atoms with Crippen molar-refractivity contribution in [1.82, 2.24) is 4.90 Å². The lowest BCUT2D eigenvalue weighted by Crippen LogP contribution is -2.37. The first-order valence-corrected chi connectivity index (χ1v) is 7.78. The molecular weight excluding hydrogens is 250 g/mol. The summed E-state index contributed by atoms with van der Waals surface area (Å²) >= 11 is 0. The first kappa shape index (κ1) is 13.6. The maximum Gasteiger partial charge on any atom is 0.306 e. The van der Waals surface area contributed by atoms with Gasteiger partial charge in [-0.3, -0.25) is 4.79 Å². The summed E-state index contributed by atoms with van der Waals surface area (Å²) in [6, 6.07) is 6.95. The molecule has 3 rings (SSSR count). The van der Waals surface area contributed by atoms with E-state index in [-0.39, 0.29) is 5.92 Å². The number of carboxylic acids is 1. The van der Waals surface area contributed by atoms with Crippen LogP contribution in [0, 0.1) is 5.92 Å². The molecule has 1 aromatic rings. The molecule has 1 aromatic carbocycles. The molecule has 0 amide bonds. The summed E-state index contributed by atoms with van der Waals surface area (Å²) in [7, 11) is 0. The minimum Gasteiger partial charge on any atom is -0.481 e. The van der Waals surface area contributed by atoms with E-state index in [4.69, 9.17) is 5.11 Å². The third kappa shape index (κ3) is 3.04. The fourth-order valence-electron chi connectivity index (χ4n) is 3.47. The van der Waals surface area contributed by atoms with Crippen LogP contribution in [0.2, 0.25) is 0 Å². The van der Waals surface area contributed by atoms with Gasteiger partial charge in [0.25, 0.3) is 0 Å². The van der Waals surface area contributed by atoms with E-state index in [2.05, 4.69) is 23.1 Å². The number of benzene rings is 1. The molecular formula is C17H23NO2. The summed E-state index contributed by atoms with van der Waals surface area (Å²) < 4.78 is 0. The second-order valence-corrected chi connectivity index (χ2v) is 6.16. The van der Waals surface area contributed by atoms with Crippen LogP contribution in [0.5, 0.6) is 0 Å². The van der Waals surface area contributed by atoms with Crippen molar-refractivity contribution in [3.05, 3.63) is 34.9 Å². The average molecular weight is 273 g/mol. The fraction of sp³-hybridized carbons (Fsp3) is 0.588. The van der Waals surface area contributed by atoms with Crippen LogP contribution < -0.4 is 0 Å². The molecule has 1 saturated heterocycles. The molecule has 0 spiro atoms. The summed E-state index contributed by atoms with van der Waals surface area (Å²) in [6.45, 7) is 2.93. The van der Waals surface area contributed by atoms with E-state index in [1.807, 2.05) is 0 Å². The summed E-state index contributed by atoms with van der Waals surface area (Å²) in [6.07, 6.45) is 6.50. The Morgan fingerprint density at radius 3 is 2.70 bits per heavy atom. The van der Waals surface area contributed by atoms with Gasteiger partial charge in [-0.1, -0.05) is 18.2 Å². The van der Waals surface area contributed by atoms with Gasteiger partial charge < -0.3 is 10.0 Å². The SMILES string of the molecule is O=C(O)C1CCN(CCc2ccc3c(c2)CCC3)CC1. The van der Waals surface area contributed by atoms with Crippen molar-refractivity contribution in [3.8, 4) is 0 Å². The number of hydrogen-bond donors (Lipinski definition) is 1. The number of likely N-dealkylation sites (tertiary alicyclic amines) is 1. The molecule has 0 radical (unpaired) electrons. The highest BCUT2D eigenvalue weighted by Crippen LogP contribution is 2.23. The first-order chi connectivity index (χ1) is 9.72. The Labute approximate surface area is 120 Å². The molecule has 0 atom stereocenters. The van der Waals surface area contributed by atoms with E-state index >= 15 is 0 Å². The van der Waals surface area contributed by atoms with Crippen LogP contribution in [0.3, 0.4) is 0 Å². The third-order valence-corrected chi connectivity index (χ3v) is 4.82. The highest BCUT2D eigenvalue weighted by Gasteiger charge is 2.24. The van der Waals surface area contributed by atoms with Gasteiger partial charge in [0.2, 0.25) is 0 Å². The van der Waals surface area contributed by atoms with Gasteiger partial charge in [0.15, 0.2) is 0 Å². The van der Waals surface area contributed by atoms with Crippen molar-refractivity contribution < 1.29 is 9.90 Å². The van der Waals surface area contributed by atoms with Crippen molar-refractivity contribution in [1.29, 1.82) is 0 Å². The van der Waals surface area contributed by atoms with Crippen LogP contribution in [-0.4, -0.2) is 35.6 Å². The van der Waals surface area contributed by atoms with Crippen LogP contribution in [0.25, 0.3) is 0 Å². The largest absolute Gasteiger partial charge is 0.481 e. The van der Waals surface area contributed by atoms with Gasteiger partial charge in [0.1, 0.15) is 0 Å². The number of carboxylic acid groups (broad SMARTS) is 1. The Morgan fingerprint density at radius 1 is 1.20 bits per heavy atom. The van der Waals surface area contributed by atoms with E-state index < -0.39 is 5.97 Å². The Kier molecular flexibility index (Phi) is 4.06. The first-order valence-electron chi connectivity index (χ1n) is 7.78. The molecule has 1 aliphatic heterocycles. The van der Waals surface area contributed by atoms with E-state index in [1.165, 1.54) is 30.4 Å². The van der Waals surface area contributed by atoms with Crippen molar-refractivity contribution in [3.63, 3.8) is 0 Å². The molecule has 2 aliphatic rings. The molecule has 20 heavy (non-hydrogen) atoms. The highest BCUT2D eigenvalue weighted by atomic mass is 16.4. The summed E-state index contributed by atoms with van der Waals surface area (Å²) in [5, 5.41) is 9.00. The maximum absolute atomic E-state index is 10.9. The molecule has 1 aliphatic carbocycles. The summed E-state index contributed by atoms with van der Waals surface area (Å²) in [5.74, 6) is -0.741. The quantitative estimate of drug-likeness (QED) is 0.916. The molecule has 108 valence electrons. The van der Waals surface area contributed by atoms with Gasteiger partial charge in [0.05, 0.1) is 5.92 Å². The Hall–Kier alpha value is -1.35. The lowest BCUT2D eigenvalue weighted by atomic mass is 9.96. The van der Waals surface area contributed by atoms with Crippen molar-refractivity contribution in [2.45, 2.75) is 38.5 Å². The van der Waals surface area contributed by atoms with Crippen molar-refractivity contribution in [2.24, 2.45) is 5.92 Å². The van der Waals surface area contributed by atoms with E-state index in [1.54, 1.807) is 5.56 Å². The van der Waals surface area contributed by atoms with Crippen LogP contribution in [-0.2, 0) is 24.1 Å². The van der Waals surface area contributed by atoms with Crippen molar-refractivity contribution >= 4 is 5.97 Å². The highest BCUT2D eigenvalue weighted by molar-refractivity contribution is 5.70. The predicted octanol–water partition coefficient (Wildman–Crippen LogP) is 2.51. The molecule has 3 nitrogen and oxygen atoms in total. The minimum atomic E-state index is -0.622. The second-order valence-electron chi connectivity index (χ2n) is 6.16. The van der Waals surface area contributed by atoms with E-state index in [9.17, 15) is 4.79 Å². The van der Waals surface area contributed by atoms with E-state index in [0.717, 1.165) is 38.9 Å². The third-order valence-electron chi connectivity index (χ3n) is 4.82. The maximum atomic E-state index is 10.9.